The fourth-order valence-electron chi connectivity index (χ4n) is 2.86. The van der Waals surface area contributed by atoms with E-state index >= 15 is 0 Å². The van der Waals surface area contributed by atoms with Crippen molar-refractivity contribution in [2.45, 2.75) is 39.3 Å². The summed E-state index contributed by atoms with van der Waals surface area (Å²) in [6.45, 7) is 6.48. The Hall–Kier alpha value is -1.72. The summed E-state index contributed by atoms with van der Waals surface area (Å²) >= 11 is 0. The first kappa shape index (κ1) is 15.2. The third-order valence-electron chi connectivity index (χ3n) is 4.48. The first-order valence-electron chi connectivity index (χ1n) is 7.88. The van der Waals surface area contributed by atoms with Gasteiger partial charge in [-0.15, -0.1) is 0 Å². The lowest BCUT2D eigenvalue weighted by Crippen LogP contribution is -2.42. The van der Waals surface area contributed by atoms with Gasteiger partial charge in [0.2, 0.25) is 5.89 Å². The number of aliphatic hydroxyl groups is 1. The summed E-state index contributed by atoms with van der Waals surface area (Å²) in [7, 11) is 0. The van der Waals surface area contributed by atoms with Crippen LogP contribution in [0.2, 0.25) is 0 Å². The Bertz CT molecular complexity index is 626. The summed E-state index contributed by atoms with van der Waals surface area (Å²) < 4.78 is 5.36. The van der Waals surface area contributed by atoms with Crippen molar-refractivity contribution in [2.24, 2.45) is 5.92 Å². The minimum atomic E-state index is -0.257. The zero-order valence-corrected chi connectivity index (χ0v) is 13.2. The van der Waals surface area contributed by atoms with Crippen LogP contribution in [0.5, 0.6) is 0 Å². The Labute approximate surface area is 131 Å². The van der Waals surface area contributed by atoms with E-state index in [0.29, 0.717) is 37.1 Å². The van der Waals surface area contributed by atoms with Crippen LogP contribution in [0.15, 0.2) is 28.8 Å². The van der Waals surface area contributed by atoms with Crippen LogP contribution in [0, 0.1) is 12.8 Å². The highest BCUT2D eigenvalue weighted by molar-refractivity contribution is 5.27. The largest absolute Gasteiger partial charge is 0.392 e. The lowest BCUT2D eigenvalue weighted by atomic mass is 9.96. The fourth-order valence-corrected chi connectivity index (χ4v) is 2.86. The number of likely N-dealkylation sites (tertiary alicyclic amines) is 1. The number of rotatable bonds is 4. The number of benzene rings is 1. The molecule has 2 heterocycles. The molecule has 118 valence electrons. The third-order valence-corrected chi connectivity index (χ3v) is 4.48. The van der Waals surface area contributed by atoms with Crippen molar-refractivity contribution in [2.75, 3.05) is 13.1 Å². The summed E-state index contributed by atoms with van der Waals surface area (Å²) in [6, 6.07) is 8.22. The van der Waals surface area contributed by atoms with Gasteiger partial charge in [-0.3, -0.25) is 4.90 Å². The lowest BCUT2D eigenvalue weighted by Gasteiger charge is -2.33. The second kappa shape index (κ2) is 6.58. The van der Waals surface area contributed by atoms with E-state index in [4.69, 9.17) is 4.52 Å². The van der Waals surface area contributed by atoms with Crippen molar-refractivity contribution < 1.29 is 9.63 Å². The van der Waals surface area contributed by atoms with Gasteiger partial charge in [-0.2, -0.15) is 4.98 Å². The number of nitrogens with zero attached hydrogens (tertiary/aromatic N) is 3. The van der Waals surface area contributed by atoms with Crippen molar-refractivity contribution in [3.8, 4) is 0 Å². The number of piperidine rings is 1. The van der Waals surface area contributed by atoms with Crippen LogP contribution >= 0.6 is 0 Å². The maximum absolute atomic E-state index is 9.95. The highest BCUT2D eigenvalue weighted by Gasteiger charge is 2.25. The summed E-state index contributed by atoms with van der Waals surface area (Å²) in [5, 5.41) is 14.0. The van der Waals surface area contributed by atoms with Crippen LogP contribution in [0.1, 0.15) is 36.2 Å². The SMILES string of the molecule is Cc1ccccc1Cc1nc(CN2CCC(C)C(O)C2)no1. The molecule has 1 saturated heterocycles. The van der Waals surface area contributed by atoms with Gasteiger partial charge < -0.3 is 9.63 Å². The molecule has 2 unspecified atom stereocenters. The predicted molar refractivity (Wildman–Crippen MR) is 83.3 cm³/mol. The maximum atomic E-state index is 9.95. The first-order chi connectivity index (χ1) is 10.6. The molecule has 22 heavy (non-hydrogen) atoms. The normalized spacial score (nSPS) is 22.9. The molecule has 3 rings (SSSR count). The number of hydrogen-bond donors (Lipinski definition) is 1. The molecule has 2 atom stereocenters. The van der Waals surface area contributed by atoms with Crippen LogP contribution in [0.4, 0.5) is 0 Å². The first-order valence-corrected chi connectivity index (χ1v) is 7.88. The van der Waals surface area contributed by atoms with Crippen LogP contribution in [0.3, 0.4) is 0 Å². The average molecular weight is 301 g/mol. The third kappa shape index (κ3) is 3.54. The Morgan fingerprint density at radius 2 is 2.18 bits per heavy atom. The molecule has 2 aromatic rings. The van der Waals surface area contributed by atoms with Gasteiger partial charge in [0.15, 0.2) is 5.82 Å². The summed E-state index contributed by atoms with van der Waals surface area (Å²) in [6.07, 6.45) is 1.42. The van der Waals surface area contributed by atoms with Gasteiger partial charge >= 0.3 is 0 Å². The Morgan fingerprint density at radius 3 is 2.95 bits per heavy atom. The number of aliphatic hydroxyl groups excluding tert-OH is 1. The van der Waals surface area contributed by atoms with E-state index in [0.717, 1.165) is 13.0 Å². The van der Waals surface area contributed by atoms with E-state index in [-0.39, 0.29) is 6.10 Å². The van der Waals surface area contributed by atoms with E-state index in [9.17, 15) is 5.11 Å². The number of aromatic nitrogens is 2. The van der Waals surface area contributed by atoms with E-state index in [1.807, 2.05) is 12.1 Å². The minimum Gasteiger partial charge on any atom is -0.392 e. The van der Waals surface area contributed by atoms with Crippen LogP contribution in [-0.4, -0.2) is 39.3 Å². The van der Waals surface area contributed by atoms with Gasteiger partial charge in [-0.05, 0) is 36.9 Å². The Morgan fingerprint density at radius 1 is 1.36 bits per heavy atom. The molecular formula is C17H23N3O2. The molecule has 5 nitrogen and oxygen atoms in total. The molecule has 0 bridgehead atoms. The standard InChI is InChI=1S/C17H23N3O2/c1-12-5-3-4-6-14(12)9-17-18-16(19-22-17)11-20-8-7-13(2)15(21)10-20/h3-6,13,15,21H,7-11H2,1-2H3. The molecule has 0 amide bonds. The molecule has 0 saturated carbocycles. The molecular weight excluding hydrogens is 278 g/mol. The summed E-state index contributed by atoms with van der Waals surface area (Å²) in [5.74, 6) is 1.72. The monoisotopic (exact) mass is 301 g/mol. The average Bonchev–Trinajstić information content (AvgIpc) is 2.93. The van der Waals surface area contributed by atoms with Crippen molar-refractivity contribution in [1.82, 2.24) is 15.0 Å². The van der Waals surface area contributed by atoms with Crippen LogP contribution < -0.4 is 0 Å². The topological polar surface area (TPSA) is 62.4 Å². The highest BCUT2D eigenvalue weighted by Crippen LogP contribution is 2.18. The summed E-state index contributed by atoms with van der Waals surface area (Å²) in [5.41, 5.74) is 2.44. The van der Waals surface area contributed by atoms with Gasteiger partial charge in [-0.1, -0.05) is 36.3 Å². The molecule has 5 heteroatoms. The molecule has 1 aromatic carbocycles. The van der Waals surface area contributed by atoms with E-state index < -0.39 is 0 Å². The van der Waals surface area contributed by atoms with Crippen LogP contribution in [0.25, 0.3) is 0 Å². The van der Waals surface area contributed by atoms with Gasteiger partial charge in [0, 0.05) is 6.54 Å². The smallest absolute Gasteiger partial charge is 0.231 e. The molecule has 1 aliphatic rings. The molecule has 1 aliphatic heterocycles. The number of hydrogen-bond acceptors (Lipinski definition) is 5. The molecule has 0 radical (unpaired) electrons. The number of β-amino-alcohol motifs (C(OH)–C–C–N with tert-alkyl or cyclic N) is 1. The van der Waals surface area contributed by atoms with Crippen molar-refractivity contribution in [3.05, 3.63) is 47.1 Å². The zero-order valence-electron chi connectivity index (χ0n) is 13.2. The Kier molecular flexibility index (Phi) is 4.55. The van der Waals surface area contributed by atoms with Crippen molar-refractivity contribution in [3.63, 3.8) is 0 Å². The maximum Gasteiger partial charge on any atom is 0.231 e. The van der Waals surface area contributed by atoms with E-state index in [1.54, 1.807) is 0 Å². The number of aryl methyl sites for hydroxylation is 1. The minimum absolute atomic E-state index is 0.257. The van der Waals surface area contributed by atoms with Crippen molar-refractivity contribution in [1.29, 1.82) is 0 Å². The fraction of sp³-hybridized carbons (Fsp3) is 0.529. The van der Waals surface area contributed by atoms with Gasteiger partial charge in [0.05, 0.1) is 19.1 Å². The summed E-state index contributed by atoms with van der Waals surface area (Å²) in [4.78, 5) is 6.67. The van der Waals surface area contributed by atoms with E-state index in [1.165, 1.54) is 11.1 Å². The van der Waals surface area contributed by atoms with Crippen molar-refractivity contribution >= 4 is 0 Å². The quantitative estimate of drug-likeness (QED) is 0.937. The predicted octanol–water partition coefficient (Wildman–Crippen LogP) is 2.17. The zero-order chi connectivity index (χ0) is 15.5. The van der Waals surface area contributed by atoms with E-state index in [2.05, 4.69) is 41.0 Å². The molecule has 1 aromatic heterocycles. The van der Waals surface area contributed by atoms with Gasteiger partial charge in [0.1, 0.15) is 0 Å². The lowest BCUT2D eigenvalue weighted by molar-refractivity contribution is 0.0246. The molecule has 0 spiro atoms. The van der Waals surface area contributed by atoms with Crippen LogP contribution in [-0.2, 0) is 13.0 Å². The van der Waals surface area contributed by atoms with Gasteiger partial charge in [-0.25, -0.2) is 0 Å². The van der Waals surface area contributed by atoms with Gasteiger partial charge in [0.25, 0.3) is 0 Å². The second-order valence-electron chi connectivity index (χ2n) is 6.28. The Balaban J connectivity index is 1.61. The highest BCUT2D eigenvalue weighted by atomic mass is 16.5. The molecule has 1 N–H and O–H groups in total. The second-order valence-corrected chi connectivity index (χ2v) is 6.28. The molecule has 1 fully saturated rings. The molecule has 0 aliphatic carbocycles.